The Kier molecular flexibility index (Phi) is 9.81. The highest BCUT2D eigenvalue weighted by Crippen LogP contribution is 2.36. The van der Waals surface area contributed by atoms with Crippen molar-refractivity contribution in [2.45, 2.75) is 71.1 Å². The maximum absolute atomic E-state index is 14.1. The van der Waals surface area contributed by atoms with Crippen LogP contribution in [0, 0.1) is 0 Å². The first-order chi connectivity index (χ1) is 27.5. The van der Waals surface area contributed by atoms with Gasteiger partial charge in [-0.3, -0.25) is 43.9 Å². The van der Waals surface area contributed by atoms with Crippen LogP contribution in [0.4, 0.5) is 17.3 Å². The summed E-state index contributed by atoms with van der Waals surface area (Å²) in [6, 6.07) is 11.1. The first-order valence-corrected chi connectivity index (χ1v) is 19.0. The van der Waals surface area contributed by atoms with Gasteiger partial charge in [-0.1, -0.05) is 18.7 Å². The minimum atomic E-state index is -1.06. The van der Waals surface area contributed by atoms with Crippen LogP contribution in [0.5, 0.6) is 0 Å². The number of nitrogens with zero attached hydrogens (tertiary/aromatic N) is 9. The fourth-order valence-corrected chi connectivity index (χ4v) is 7.83. The van der Waals surface area contributed by atoms with Gasteiger partial charge in [0.1, 0.15) is 29.7 Å². The summed E-state index contributed by atoms with van der Waals surface area (Å²) in [6.45, 7) is 8.29. The van der Waals surface area contributed by atoms with Gasteiger partial charge in [-0.25, -0.2) is 9.97 Å². The number of hydrogen-bond donors (Lipinski definition) is 2. The Morgan fingerprint density at radius 2 is 1.81 bits per heavy atom. The molecule has 4 aromatic rings. The Labute approximate surface area is 327 Å². The van der Waals surface area contributed by atoms with Gasteiger partial charge in [-0.2, -0.15) is 0 Å². The maximum atomic E-state index is 14.1. The number of imide groups is 2. The lowest BCUT2D eigenvalue weighted by Gasteiger charge is -2.27. The predicted molar refractivity (Wildman–Crippen MR) is 207 cm³/mol. The van der Waals surface area contributed by atoms with Crippen molar-refractivity contribution in [3.8, 4) is 11.5 Å². The van der Waals surface area contributed by atoms with E-state index in [0.717, 1.165) is 35.5 Å². The number of allylic oxidation sites excluding steroid dienone is 1. The number of carbonyl (C=O) groups is 6. The van der Waals surface area contributed by atoms with Crippen LogP contribution < -0.4 is 20.4 Å². The average Bonchev–Trinajstić information content (AvgIpc) is 3.99. The third kappa shape index (κ3) is 6.78. The number of piperidine rings is 1. The summed E-state index contributed by atoms with van der Waals surface area (Å²) in [4.78, 5) is 94.4. The quantitative estimate of drug-likeness (QED) is 0.158. The Morgan fingerprint density at radius 3 is 2.58 bits per heavy atom. The second-order valence-electron chi connectivity index (χ2n) is 14.4. The molecule has 292 valence electrons. The monoisotopic (exact) mass is 771 g/mol. The number of anilines is 3. The molecule has 2 saturated heterocycles. The first kappa shape index (κ1) is 37.2. The minimum absolute atomic E-state index is 0.0313. The molecule has 57 heavy (non-hydrogen) atoms. The van der Waals surface area contributed by atoms with Crippen LogP contribution in [0.25, 0.3) is 11.5 Å². The molecule has 1 aromatic carbocycles. The van der Waals surface area contributed by atoms with Crippen molar-refractivity contribution < 1.29 is 28.8 Å². The Morgan fingerprint density at radius 1 is 0.982 bits per heavy atom. The van der Waals surface area contributed by atoms with Crippen molar-refractivity contribution in [2.75, 3.05) is 35.3 Å². The van der Waals surface area contributed by atoms with E-state index in [1.165, 1.54) is 6.07 Å². The lowest BCUT2D eigenvalue weighted by molar-refractivity contribution is -0.136. The fraction of sp³-hybridized carbons (Fsp3) is 0.350. The van der Waals surface area contributed by atoms with Gasteiger partial charge >= 0.3 is 0 Å². The normalized spacial score (nSPS) is 17.7. The number of aryl methyl sites for hydroxylation is 1. The second-order valence-corrected chi connectivity index (χ2v) is 14.4. The molecule has 1 unspecified atom stereocenters. The van der Waals surface area contributed by atoms with E-state index < -0.39 is 29.7 Å². The zero-order valence-corrected chi connectivity index (χ0v) is 31.7. The molecule has 1 atom stereocenters. The van der Waals surface area contributed by atoms with Crippen molar-refractivity contribution in [1.82, 2.24) is 39.8 Å². The molecule has 4 aliphatic rings. The van der Waals surface area contributed by atoms with Crippen LogP contribution in [-0.2, 0) is 34.0 Å². The van der Waals surface area contributed by atoms with E-state index in [2.05, 4.69) is 27.4 Å². The first-order valence-electron chi connectivity index (χ1n) is 19.0. The molecule has 3 aromatic heterocycles. The van der Waals surface area contributed by atoms with Crippen LogP contribution in [0.15, 0.2) is 61.1 Å². The standard InChI is InChI=1S/C40H41N11O6/c1-4-48-22-42-46-36(48)28-12-6-13-31(43-28)50-20-26-25(38(50)55)19-32(49-18-8-9-23(49)2)44-29(26)21-47(3)34(53)14-7-17-41-27-11-5-10-24-35(27)40(57)51(39(24)56)30-15-16-33(52)45-37(30)54/h5-6,10-13,19,22,30,41H,2,4,7-9,14-18,20-21H2,1,3H3,(H,45,52,54). The van der Waals surface area contributed by atoms with Gasteiger partial charge in [0.15, 0.2) is 5.82 Å². The third-order valence-electron chi connectivity index (χ3n) is 10.9. The Balaban J connectivity index is 0.952. The maximum Gasteiger partial charge on any atom is 0.264 e. The number of benzene rings is 1. The van der Waals surface area contributed by atoms with E-state index in [1.54, 1.807) is 41.4 Å². The molecule has 0 saturated carbocycles. The molecular weight excluding hydrogens is 731 g/mol. The Bertz CT molecular complexity index is 2370. The molecule has 7 heterocycles. The SMILES string of the molecule is C=C1CCCN1c1cc2c(c(CN(C)C(=O)CCCNc3cccc4c3C(=O)N(C3CCC(=O)NC3=O)C4=O)n1)CN(c1cccc(-c3nncn3CC)n1)C2=O. The molecular formula is C40H41N11O6. The van der Waals surface area contributed by atoms with E-state index in [1.807, 2.05) is 34.6 Å². The summed E-state index contributed by atoms with van der Waals surface area (Å²) in [6.07, 6.45) is 4.06. The molecule has 0 bridgehead atoms. The topological polar surface area (TPSA) is 196 Å². The number of pyridine rings is 2. The smallest absolute Gasteiger partial charge is 0.264 e. The predicted octanol–water partition coefficient (Wildman–Crippen LogP) is 3.28. The summed E-state index contributed by atoms with van der Waals surface area (Å²) < 4.78 is 1.88. The summed E-state index contributed by atoms with van der Waals surface area (Å²) in [5.74, 6) is -0.987. The number of fused-ring (bicyclic) bond motifs is 2. The summed E-state index contributed by atoms with van der Waals surface area (Å²) in [5, 5.41) is 13.6. The number of hydrogen-bond acceptors (Lipinski definition) is 12. The molecule has 2 N–H and O–H groups in total. The molecule has 17 nitrogen and oxygen atoms in total. The summed E-state index contributed by atoms with van der Waals surface area (Å²) in [5.41, 5.74) is 4.10. The van der Waals surface area contributed by atoms with Gasteiger partial charge < -0.3 is 19.7 Å². The summed E-state index contributed by atoms with van der Waals surface area (Å²) in [7, 11) is 1.70. The van der Waals surface area contributed by atoms with Crippen LogP contribution in [-0.4, -0.2) is 96.2 Å². The summed E-state index contributed by atoms with van der Waals surface area (Å²) >= 11 is 0. The van der Waals surface area contributed by atoms with E-state index in [-0.39, 0.29) is 55.3 Å². The van der Waals surface area contributed by atoms with Gasteiger partial charge in [0.05, 0.1) is 35.5 Å². The highest BCUT2D eigenvalue weighted by molar-refractivity contribution is 6.25. The molecule has 0 radical (unpaired) electrons. The second kappa shape index (κ2) is 15.0. The lowest BCUT2D eigenvalue weighted by Crippen LogP contribution is -2.54. The Hall–Kier alpha value is -6.78. The van der Waals surface area contributed by atoms with Gasteiger partial charge in [-0.15, -0.1) is 10.2 Å². The van der Waals surface area contributed by atoms with Crippen LogP contribution in [0.3, 0.4) is 0 Å². The van der Waals surface area contributed by atoms with Gasteiger partial charge in [0, 0.05) is 56.5 Å². The van der Waals surface area contributed by atoms with E-state index in [9.17, 15) is 28.8 Å². The largest absolute Gasteiger partial charge is 0.384 e. The zero-order valence-electron chi connectivity index (χ0n) is 31.7. The molecule has 0 aliphatic carbocycles. The zero-order chi connectivity index (χ0) is 40.0. The molecule has 4 aliphatic heterocycles. The van der Waals surface area contributed by atoms with Crippen molar-refractivity contribution in [3.05, 3.63) is 89.0 Å². The highest BCUT2D eigenvalue weighted by atomic mass is 16.2. The fourth-order valence-electron chi connectivity index (χ4n) is 7.83. The van der Waals surface area contributed by atoms with E-state index in [4.69, 9.17) is 9.97 Å². The average molecular weight is 772 g/mol. The highest BCUT2D eigenvalue weighted by Gasteiger charge is 2.45. The van der Waals surface area contributed by atoms with Crippen molar-refractivity contribution in [2.24, 2.45) is 0 Å². The van der Waals surface area contributed by atoms with Crippen molar-refractivity contribution in [3.63, 3.8) is 0 Å². The third-order valence-corrected chi connectivity index (χ3v) is 10.9. The van der Waals surface area contributed by atoms with Crippen molar-refractivity contribution >= 4 is 52.8 Å². The molecule has 6 amide bonds. The number of carbonyl (C=O) groups excluding carboxylic acids is 6. The van der Waals surface area contributed by atoms with Gasteiger partial charge in [-0.05, 0) is 62.9 Å². The van der Waals surface area contributed by atoms with E-state index >= 15 is 0 Å². The molecule has 0 spiro atoms. The molecule has 8 rings (SSSR count). The lowest BCUT2D eigenvalue weighted by atomic mass is 10.0. The van der Waals surface area contributed by atoms with Crippen molar-refractivity contribution in [1.29, 1.82) is 0 Å². The van der Waals surface area contributed by atoms with Gasteiger partial charge in [0.25, 0.3) is 17.7 Å². The number of amides is 6. The van der Waals surface area contributed by atoms with Gasteiger partial charge in [0.2, 0.25) is 17.7 Å². The molecule has 2 fully saturated rings. The van der Waals surface area contributed by atoms with Crippen LogP contribution in [0.2, 0.25) is 0 Å². The number of rotatable bonds is 12. The molecule has 17 heteroatoms. The minimum Gasteiger partial charge on any atom is -0.384 e. The van der Waals surface area contributed by atoms with Crippen LogP contribution in [0.1, 0.15) is 87.8 Å². The number of nitrogens with one attached hydrogen (secondary N) is 2. The number of aromatic nitrogens is 5. The van der Waals surface area contributed by atoms with E-state index in [0.29, 0.717) is 59.6 Å². The van der Waals surface area contributed by atoms with Crippen LogP contribution >= 0.6 is 0 Å².